The number of benzene rings is 1. The topological polar surface area (TPSA) is 113 Å². The fraction of sp³-hybridized carbons (Fsp3) is 0. The van der Waals surface area contributed by atoms with Gasteiger partial charge < -0.3 is 5.73 Å². The van der Waals surface area contributed by atoms with E-state index in [9.17, 15) is 13.2 Å². The Hall–Kier alpha value is -1.64. The number of carbonyl (C=O) groups is 1. The predicted molar refractivity (Wildman–Crippen MR) is 50.0 cm³/mol. The molecule has 0 unspecified atom stereocenters. The second-order valence-electron chi connectivity index (χ2n) is 2.56. The Morgan fingerprint density at radius 2 is 1.87 bits per heavy atom. The molecule has 0 saturated carbocycles. The molecule has 1 aromatic carbocycles. The number of rotatable bonds is 3. The normalized spacial score (nSPS) is 11.0. The average Bonchev–Trinajstić information content (AvgIpc) is 2.18. The van der Waals surface area contributed by atoms with E-state index in [4.69, 9.17) is 5.21 Å². The van der Waals surface area contributed by atoms with Crippen molar-refractivity contribution in [1.82, 2.24) is 10.0 Å². The van der Waals surface area contributed by atoms with Crippen LogP contribution in [0.4, 0.5) is 4.79 Å². The van der Waals surface area contributed by atoms with Crippen LogP contribution in [0.3, 0.4) is 0 Å². The van der Waals surface area contributed by atoms with Gasteiger partial charge in [-0.2, -0.15) is 0 Å². The highest BCUT2D eigenvalue weighted by atomic mass is 32.2. The molecule has 1 rings (SSSR count). The van der Waals surface area contributed by atoms with Crippen molar-refractivity contribution >= 4 is 16.1 Å². The number of primary amides is 1. The second-order valence-corrected chi connectivity index (χ2v) is 4.22. The lowest BCUT2D eigenvalue weighted by Gasteiger charge is -2.12. The zero-order valence-corrected chi connectivity index (χ0v) is 8.31. The summed E-state index contributed by atoms with van der Waals surface area (Å²) < 4.78 is 22.9. The zero-order chi connectivity index (χ0) is 11.5. The van der Waals surface area contributed by atoms with E-state index in [1.807, 2.05) is 0 Å². The molecule has 8 heteroatoms. The fourth-order valence-corrected chi connectivity index (χ4v) is 1.75. The van der Waals surface area contributed by atoms with Crippen molar-refractivity contribution in [3.05, 3.63) is 30.3 Å². The van der Waals surface area contributed by atoms with Crippen LogP contribution in [-0.4, -0.2) is 24.8 Å². The third kappa shape index (κ3) is 2.91. The van der Waals surface area contributed by atoms with Crippen molar-refractivity contribution in [2.45, 2.75) is 4.90 Å². The number of nitrogens with two attached hydrogens (primary N) is 1. The summed E-state index contributed by atoms with van der Waals surface area (Å²) in [6, 6.07) is 5.91. The van der Waals surface area contributed by atoms with Crippen LogP contribution >= 0.6 is 0 Å². The van der Waals surface area contributed by atoms with Gasteiger partial charge in [-0.3, -0.25) is 5.21 Å². The molecule has 2 amide bonds. The Morgan fingerprint density at radius 1 is 1.33 bits per heavy atom. The smallest absolute Gasteiger partial charge is 0.349 e. The van der Waals surface area contributed by atoms with Crippen LogP contribution in [0.5, 0.6) is 0 Å². The monoisotopic (exact) mass is 231 g/mol. The minimum absolute atomic E-state index is 0.0923. The largest absolute Gasteiger partial charge is 0.354 e. The quantitative estimate of drug-likeness (QED) is 0.487. The highest BCUT2D eigenvalue weighted by Crippen LogP contribution is 2.06. The van der Waals surface area contributed by atoms with Crippen molar-refractivity contribution in [3.8, 4) is 0 Å². The van der Waals surface area contributed by atoms with E-state index >= 15 is 0 Å². The Kier molecular flexibility index (Phi) is 3.24. The fourth-order valence-electron chi connectivity index (χ4n) is 0.811. The number of hydrazine groups is 1. The van der Waals surface area contributed by atoms with E-state index in [0.717, 1.165) is 0 Å². The van der Waals surface area contributed by atoms with Gasteiger partial charge in [0.1, 0.15) is 0 Å². The van der Waals surface area contributed by atoms with E-state index in [2.05, 4.69) is 5.73 Å². The van der Waals surface area contributed by atoms with Crippen LogP contribution in [0.15, 0.2) is 35.2 Å². The van der Waals surface area contributed by atoms with Gasteiger partial charge >= 0.3 is 6.03 Å². The molecule has 0 aliphatic carbocycles. The number of hydrogen-bond acceptors (Lipinski definition) is 4. The molecular weight excluding hydrogens is 222 g/mol. The van der Waals surface area contributed by atoms with Crippen molar-refractivity contribution in [1.29, 1.82) is 0 Å². The van der Waals surface area contributed by atoms with Crippen LogP contribution in [0, 0.1) is 0 Å². The molecule has 0 atom stereocenters. The Morgan fingerprint density at radius 3 is 2.33 bits per heavy atom. The first-order chi connectivity index (χ1) is 6.93. The van der Waals surface area contributed by atoms with Gasteiger partial charge in [0, 0.05) is 0 Å². The summed E-state index contributed by atoms with van der Waals surface area (Å²) in [4.78, 5) is 11.8. The van der Waals surface area contributed by atoms with Crippen molar-refractivity contribution in [2.24, 2.45) is 5.73 Å². The van der Waals surface area contributed by atoms with Gasteiger partial charge in [0.2, 0.25) is 0 Å². The van der Waals surface area contributed by atoms with Gasteiger partial charge in [0.15, 0.2) is 0 Å². The molecule has 0 radical (unpaired) electrons. The first kappa shape index (κ1) is 11.4. The van der Waals surface area contributed by atoms with Crippen LogP contribution in [0.2, 0.25) is 0 Å². The molecule has 4 N–H and O–H groups in total. The Bertz CT molecular complexity index is 445. The Labute approximate surface area is 86.1 Å². The lowest BCUT2D eigenvalue weighted by atomic mass is 10.4. The first-order valence-electron chi connectivity index (χ1n) is 3.79. The summed E-state index contributed by atoms with van der Waals surface area (Å²) in [5.74, 6) is 0. The molecule has 15 heavy (non-hydrogen) atoms. The summed E-state index contributed by atoms with van der Waals surface area (Å²) in [6.07, 6.45) is 0. The number of urea groups is 1. The first-order valence-corrected chi connectivity index (χ1v) is 5.28. The van der Waals surface area contributed by atoms with Gasteiger partial charge in [0.05, 0.1) is 4.90 Å². The van der Waals surface area contributed by atoms with Crippen molar-refractivity contribution < 1.29 is 18.4 Å². The molecule has 0 aromatic heterocycles. The predicted octanol–water partition coefficient (Wildman–Crippen LogP) is -0.350. The van der Waals surface area contributed by atoms with E-state index < -0.39 is 16.1 Å². The zero-order valence-electron chi connectivity index (χ0n) is 7.49. The van der Waals surface area contributed by atoms with Gasteiger partial charge in [-0.05, 0) is 12.1 Å². The summed E-state index contributed by atoms with van der Waals surface area (Å²) in [7, 11) is -3.98. The molecule has 0 spiro atoms. The second kappa shape index (κ2) is 4.26. The number of hydrogen-bond donors (Lipinski definition) is 3. The summed E-state index contributed by atoms with van der Waals surface area (Å²) >= 11 is 0. The molecule has 0 fully saturated rings. The van der Waals surface area contributed by atoms with E-state index in [-0.39, 0.29) is 10.1 Å². The maximum absolute atomic E-state index is 11.4. The van der Waals surface area contributed by atoms with Gasteiger partial charge in [0.25, 0.3) is 10.0 Å². The summed E-state index contributed by atoms with van der Waals surface area (Å²) in [6.45, 7) is 0. The molecular formula is C7H9N3O4S. The molecule has 0 saturated heterocycles. The molecule has 82 valence electrons. The van der Waals surface area contributed by atoms with E-state index in [1.54, 1.807) is 10.9 Å². The van der Waals surface area contributed by atoms with Crippen LogP contribution in [0.25, 0.3) is 0 Å². The number of hydroxylamine groups is 1. The molecule has 0 bridgehead atoms. The molecule has 1 aromatic rings. The SMILES string of the molecule is NC(=O)N(O)NS(=O)(=O)c1ccccc1. The molecule has 0 aliphatic heterocycles. The number of sulfonamides is 1. The standard InChI is InChI=1S/C7H9N3O4S/c8-7(11)10(12)9-15(13,14)6-4-2-1-3-5-6/h1-5,9,12H,(H2,8,11). The number of nitrogens with zero attached hydrogens (tertiary/aromatic N) is 1. The van der Waals surface area contributed by atoms with Crippen LogP contribution in [-0.2, 0) is 10.0 Å². The summed E-state index contributed by atoms with van der Waals surface area (Å²) in [5.41, 5.74) is 4.63. The number of amides is 2. The van der Waals surface area contributed by atoms with Gasteiger partial charge in [-0.15, -0.1) is 5.17 Å². The van der Waals surface area contributed by atoms with Crippen LogP contribution < -0.4 is 10.6 Å². The third-order valence-electron chi connectivity index (χ3n) is 1.47. The maximum Gasteiger partial charge on any atom is 0.354 e. The van der Waals surface area contributed by atoms with Gasteiger partial charge in [-0.25, -0.2) is 13.2 Å². The molecule has 0 heterocycles. The average molecular weight is 231 g/mol. The number of carbonyl (C=O) groups excluding carboxylic acids is 1. The minimum atomic E-state index is -3.98. The summed E-state index contributed by atoms with van der Waals surface area (Å²) in [5, 5.41) is 8.49. The highest BCUT2D eigenvalue weighted by Gasteiger charge is 2.18. The molecule has 0 aliphatic rings. The van der Waals surface area contributed by atoms with Crippen molar-refractivity contribution in [3.63, 3.8) is 0 Å². The lowest BCUT2D eigenvalue weighted by molar-refractivity contribution is -0.0600. The Balaban J connectivity index is 2.91. The number of nitrogens with one attached hydrogen (secondary N) is 1. The minimum Gasteiger partial charge on any atom is -0.349 e. The van der Waals surface area contributed by atoms with E-state index in [1.165, 1.54) is 24.3 Å². The maximum atomic E-state index is 11.4. The molecule has 7 nitrogen and oxygen atoms in total. The third-order valence-corrected chi connectivity index (χ3v) is 2.77. The lowest BCUT2D eigenvalue weighted by Crippen LogP contribution is -2.46. The van der Waals surface area contributed by atoms with E-state index in [0.29, 0.717) is 0 Å². The van der Waals surface area contributed by atoms with Crippen LogP contribution in [0.1, 0.15) is 0 Å². The van der Waals surface area contributed by atoms with Crippen molar-refractivity contribution in [2.75, 3.05) is 0 Å². The van der Waals surface area contributed by atoms with Gasteiger partial charge in [-0.1, -0.05) is 23.0 Å². The highest BCUT2D eigenvalue weighted by molar-refractivity contribution is 7.89.